The van der Waals surface area contributed by atoms with E-state index in [9.17, 15) is 9.90 Å². The summed E-state index contributed by atoms with van der Waals surface area (Å²) < 4.78 is 0. The SMILES string of the molecule is Cl.Cl.O=C(C=C(O)c1cccnc1)N1CCCCC1. The van der Waals surface area contributed by atoms with Crippen molar-refractivity contribution in [2.75, 3.05) is 13.1 Å². The molecule has 1 aromatic rings. The highest BCUT2D eigenvalue weighted by molar-refractivity contribution is 5.93. The number of likely N-dealkylation sites (tertiary alicyclic amines) is 1. The van der Waals surface area contributed by atoms with E-state index in [1.165, 1.54) is 18.7 Å². The molecule has 0 atom stereocenters. The molecule has 106 valence electrons. The molecule has 1 saturated heterocycles. The molecule has 0 aliphatic carbocycles. The van der Waals surface area contributed by atoms with Crippen molar-refractivity contribution in [2.24, 2.45) is 0 Å². The highest BCUT2D eigenvalue weighted by Gasteiger charge is 2.15. The standard InChI is InChI=1S/C13H16N2O2.2ClH/c16-12(11-5-4-6-14-10-11)9-13(17)15-7-2-1-3-8-15;;/h4-6,9-10,16H,1-3,7-8H2;2*1H. The molecule has 0 radical (unpaired) electrons. The first-order chi connectivity index (χ1) is 8.27. The minimum Gasteiger partial charge on any atom is -0.507 e. The van der Waals surface area contributed by atoms with Crippen LogP contribution in [0.1, 0.15) is 24.8 Å². The van der Waals surface area contributed by atoms with E-state index in [0.717, 1.165) is 25.9 Å². The number of rotatable bonds is 2. The molecule has 1 aromatic heterocycles. The van der Waals surface area contributed by atoms with E-state index in [4.69, 9.17) is 0 Å². The second-order valence-corrected chi connectivity index (χ2v) is 4.16. The first-order valence-corrected chi connectivity index (χ1v) is 5.87. The molecular weight excluding hydrogens is 287 g/mol. The quantitative estimate of drug-likeness (QED) is 0.675. The van der Waals surface area contributed by atoms with Crippen LogP contribution in [0.15, 0.2) is 30.6 Å². The van der Waals surface area contributed by atoms with Gasteiger partial charge in [0.15, 0.2) is 0 Å². The molecule has 0 aromatic carbocycles. The van der Waals surface area contributed by atoms with E-state index in [1.54, 1.807) is 23.2 Å². The smallest absolute Gasteiger partial charge is 0.250 e. The summed E-state index contributed by atoms with van der Waals surface area (Å²) in [5.41, 5.74) is 0.567. The van der Waals surface area contributed by atoms with Crippen LogP contribution in [0.5, 0.6) is 0 Å². The van der Waals surface area contributed by atoms with Crippen LogP contribution >= 0.6 is 24.8 Å². The summed E-state index contributed by atoms with van der Waals surface area (Å²) in [5, 5.41) is 9.80. The van der Waals surface area contributed by atoms with E-state index in [0.29, 0.717) is 5.56 Å². The van der Waals surface area contributed by atoms with Gasteiger partial charge >= 0.3 is 0 Å². The fourth-order valence-electron chi connectivity index (χ4n) is 1.92. The van der Waals surface area contributed by atoms with Gasteiger partial charge in [-0.15, -0.1) is 24.8 Å². The summed E-state index contributed by atoms with van der Waals surface area (Å²) in [4.78, 5) is 17.5. The second-order valence-electron chi connectivity index (χ2n) is 4.16. The Morgan fingerprint density at radius 2 is 1.95 bits per heavy atom. The van der Waals surface area contributed by atoms with Crippen molar-refractivity contribution >= 4 is 36.5 Å². The normalized spacial score (nSPS) is 15.2. The monoisotopic (exact) mass is 304 g/mol. The Hall–Kier alpha value is -1.26. The number of hydrogen-bond acceptors (Lipinski definition) is 3. The topological polar surface area (TPSA) is 53.4 Å². The zero-order valence-electron chi connectivity index (χ0n) is 10.5. The van der Waals surface area contributed by atoms with Gasteiger partial charge in [0.2, 0.25) is 5.91 Å². The van der Waals surface area contributed by atoms with Crippen molar-refractivity contribution in [1.29, 1.82) is 0 Å². The Balaban J connectivity index is 0.00000162. The molecule has 19 heavy (non-hydrogen) atoms. The summed E-state index contributed by atoms with van der Waals surface area (Å²) >= 11 is 0. The van der Waals surface area contributed by atoms with Gasteiger partial charge in [0.1, 0.15) is 5.76 Å². The minimum atomic E-state index is -0.119. The summed E-state index contributed by atoms with van der Waals surface area (Å²) in [6, 6.07) is 3.45. The number of aliphatic hydroxyl groups is 1. The predicted molar refractivity (Wildman–Crippen MR) is 79.8 cm³/mol. The maximum absolute atomic E-state index is 11.9. The lowest BCUT2D eigenvalue weighted by Crippen LogP contribution is -2.34. The average Bonchev–Trinajstić information content (AvgIpc) is 2.40. The first kappa shape index (κ1) is 17.7. The number of aromatic nitrogens is 1. The fraction of sp³-hybridized carbons (Fsp3) is 0.385. The third kappa shape index (κ3) is 5.09. The number of pyridine rings is 1. The largest absolute Gasteiger partial charge is 0.507 e. The number of carbonyl (C=O) groups is 1. The van der Waals surface area contributed by atoms with Crippen LogP contribution in [0.3, 0.4) is 0 Å². The van der Waals surface area contributed by atoms with Gasteiger partial charge in [0.05, 0.1) is 0 Å². The van der Waals surface area contributed by atoms with Gasteiger partial charge in [-0.2, -0.15) is 0 Å². The van der Waals surface area contributed by atoms with Crippen molar-refractivity contribution < 1.29 is 9.90 Å². The number of hydrogen-bond donors (Lipinski definition) is 1. The van der Waals surface area contributed by atoms with E-state index < -0.39 is 0 Å². The van der Waals surface area contributed by atoms with Gasteiger partial charge in [-0.05, 0) is 31.4 Å². The molecule has 1 aliphatic heterocycles. The molecule has 1 fully saturated rings. The molecule has 1 amide bonds. The Labute approximate surface area is 125 Å². The van der Waals surface area contributed by atoms with Gasteiger partial charge in [-0.25, -0.2) is 0 Å². The summed E-state index contributed by atoms with van der Waals surface area (Å²) in [5.74, 6) is -0.139. The van der Waals surface area contributed by atoms with Crippen LogP contribution in [-0.4, -0.2) is 34.0 Å². The van der Waals surface area contributed by atoms with Crippen LogP contribution in [0, 0.1) is 0 Å². The van der Waals surface area contributed by atoms with Crippen LogP contribution in [0.2, 0.25) is 0 Å². The van der Waals surface area contributed by atoms with Gasteiger partial charge in [-0.1, -0.05) is 0 Å². The Kier molecular flexibility index (Phi) is 8.19. The molecule has 2 rings (SSSR count). The molecule has 0 spiro atoms. The molecule has 0 saturated carbocycles. The molecule has 0 unspecified atom stereocenters. The molecule has 0 bridgehead atoms. The van der Waals surface area contributed by atoms with Crippen molar-refractivity contribution in [3.63, 3.8) is 0 Å². The number of piperidine rings is 1. The predicted octanol–water partition coefficient (Wildman–Crippen LogP) is 2.84. The Morgan fingerprint density at radius 3 is 2.53 bits per heavy atom. The first-order valence-electron chi connectivity index (χ1n) is 5.87. The molecule has 6 heteroatoms. The second kappa shape index (κ2) is 8.77. The third-order valence-corrected chi connectivity index (χ3v) is 2.89. The number of carbonyl (C=O) groups excluding carboxylic acids is 1. The number of aliphatic hydroxyl groups excluding tert-OH is 1. The highest BCUT2D eigenvalue weighted by atomic mass is 35.5. The Morgan fingerprint density at radius 1 is 1.26 bits per heavy atom. The summed E-state index contributed by atoms with van der Waals surface area (Å²) in [7, 11) is 0. The number of amides is 1. The van der Waals surface area contributed by atoms with Crippen molar-refractivity contribution in [3.05, 3.63) is 36.2 Å². The van der Waals surface area contributed by atoms with Gasteiger partial charge < -0.3 is 10.0 Å². The van der Waals surface area contributed by atoms with Gasteiger partial charge in [0, 0.05) is 37.1 Å². The third-order valence-electron chi connectivity index (χ3n) is 2.89. The van der Waals surface area contributed by atoms with Crippen LogP contribution < -0.4 is 0 Å². The molecule has 2 heterocycles. The Bertz CT molecular complexity index is 418. The lowest BCUT2D eigenvalue weighted by molar-refractivity contribution is -0.126. The lowest BCUT2D eigenvalue weighted by Gasteiger charge is -2.25. The highest BCUT2D eigenvalue weighted by Crippen LogP contribution is 2.13. The zero-order valence-corrected chi connectivity index (χ0v) is 12.1. The van der Waals surface area contributed by atoms with Crippen LogP contribution in [-0.2, 0) is 4.79 Å². The van der Waals surface area contributed by atoms with Crippen molar-refractivity contribution in [2.45, 2.75) is 19.3 Å². The van der Waals surface area contributed by atoms with Crippen LogP contribution in [0.25, 0.3) is 5.76 Å². The number of halogens is 2. The fourth-order valence-corrected chi connectivity index (χ4v) is 1.92. The van der Waals surface area contributed by atoms with Crippen LogP contribution in [0.4, 0.5) is 0 Å². The van der Waals surface area contributed by atoms with E-state index in [1.807, 2.05) is 0 Å². The van der Waals surface area contributed by atoms with E-state index in [2.05, 4.69) is 4.98 Å². The van der Waals surface area contributed by atoms with Crippen molar-refractivity contribution in [3.8, 4) is 0 Å². The molecule has 1 N–H and O–H groups in total. The molecular formula is C13H18Cl2N2O2. The maximum atomic E-state index is 11.9. The summed E-state index contributed by atoms with van der Waals surface area (Å²) in [6.07, 6.45) is 7.73. The number of nitrogens with zero attached hydrogens (tertiary/aromatic N) is 2. The zero-order chi connectivity index (χ0) is 12.1. The minimum absolute atomic E-state index is 0. The van der Waals surface area contributed by atoms with Crippen molar-refractivity contribution in [1.82, 2.24) is 9.88 Å². The summed E-state index contributed by atoms with van der Waals surface area (Å²) in [6.45, 7) is 1.57. The van der Waals surface area contributed by atoms with Gasteiger partial charge in [-0.3, -0.25) is 9.78 Å². The van der Waals surface area contributed by atoms with Gasteiger partial charge in [0.25, 0.3) is 0 Å². The average molecular weight is 305 g/mol. The maximum Gasteiger partial charge on any atom is 0.250 e. The van der Waals surface area contributed by atoms with E-state index >= 15 is 0 Å². The lowest BCUT2D eigenvalue weighted by atomic mass is 10.1. The molecule has 4 nitrogen and oxygen atoms in total. The molecule has 1 aliphatic rings. The van der Waals surface area contributed by atoms with E-state index in [-0.39, 0.29) is 36.5 Å².